The molecule has 4 fully saturated rings. The molecule has 1 N–H and O–H groups in total. The number of hydrogen-bond donors (Lipinski definition) is 1. The van der Waals surface area contributed by atoms with Gasteiger partial charge in [0.15, 0.2) is 0 Å². The summed E-state index contributed by atoms with van der Waals surface area (Å²) in [5.74, 6) is 1.64. The first kappa shape index (κ1) is 22.3. The van der Waals surface area contributed by atoms with Gasteiger partial charge in [-0.2, -0.15) is 0 Å². The highest BCUT2D eigenvalue weighted by Gasteiger charge is 2.48. The molecule has 0 aromatic rings. The van der Waals surface area contributed by atoms with Crippen LogP contribution in [-0.4, -0.2) is 60.3 Å². The summed E-state index contributed by atoms with van der Waals surface area (Å²) in [6.45, 7) is 14.1. The molecule has 0 aromatic heterocycles. The van der Waals surface area contributed by atoms with Gasteiger partial charge in [-0.25, -0.2) is 0 Å². The first-order chi connectivity index (χ1) is 14.4. The van der Waals surface area contributed by atoms with Crippen LogP contribution in [0.25, 0.3) is 0 Å². The van der Waals surface area contributed by atoms with Crippen molar-refractivity contribution in [3.05, 3.63) is 35.5 Å². The second-order valence-corrected chi connectivity index (χ2v) is 11.0. The van der Waals surface area contributed by atoms with Crippen molar-refractivity contribution in [3.63, 3.8) is 0 Å². The van der Waals surface area contributed by atoms with Gasteiger partial charge in [-0.05, 0) is 107 Å². The van der Waals surface area contributed by atoms with Crippen molar-refractivity contribution < 1.29 is 5.11 Å². The van der Waals surface area contributed by atoms with Gasteiger partial charge in [-0.1, -0.05) is 31.2 Å². The second kappa shape index (κ2) is 9.30. The molecule has 0 amide bonds. The van der Waals surface area contributed by atoms with Crippen LogP contribution >= 0.6 is 0 Å². The lowest BCUT2D eigenvalue weighted by molar-refractivity contribution is 0.0738. The van der Waals surface area contributed by atoms with Crippen molar-refractivity contribution in [2.45, 2.75) is 83.8 Å². The van der Waals surface area contributed by atoms with E-state index in [1.807, 2.05) is 0 Å². The molecule has 30 heavy (non-hydrogen) atoms. The Hall–Kier alpha value is -0.900. The first-order valence-corrected chi connectivity index (χ1v) is 12.6. The summed E-state index contributed by atoms with van der Waals surface area (Å²) >= 11 is 0. The zero-order valence-corrected chi connectivity index (χ0v) is 19.7. The maximum absolute atomic E-state index is 10.1. The Morgan fingerprint density at radius 1 is 1.13 bits per heavy atom. The van der Waals surface area contributed by atoms with Crippen LogP contribution in [0.4, 0.5) is 0 Å². The van der Waals surface area contributed by atoms with Crippen LogP contribution in [0.1, 0.15) is 71.6 Å². The van der Waals surface area contributed by atoms with Gasteiger partial charge in [0.05, 0.1) is 6.10 Å². The zero-order valence-electron chi connectivity index (χ0n) is 19.7. The average Bonchev–Trinajstić information content (AvgIpc) is 3.05. The van der Waals surface area contributed by atoms with Gasteiger partial charge in [-0.3, -0.25) is 4.90 Å². The SMILES string of the molecule is C=C1/C(=C\C=C2/CCCC3(C)C2CC[C@@H]3CCN2CCN(C)CC2C)CCCC1O. The molecule has 4 rings (SSSR count). The summed E-state index contributed by atoms with van der Waals surface area (Å²) in [6, 6.07) is 0.695. The standard InChI is InChI=1S/C27H44N2O/c1-20-19-28(4)17-18-29(20)16-14-24-12-13-25-23(8-6-15-27(24,25)3)11-10-22-7-5-9-26(30)21(22)2/h10-11,20,24-26,30H,2,5-9,12-19H2,1,3-4H3/b22-10-,23-11+/t20?,24-,25?,26?,27?/m1/s1. The molecule has 4 aliphatic rings. The minimum atomic E-state index is -0.326. The van der Waals surface area contributed by atoms with E-state index in [4.69, 9.17) is 0 Å². The van der Waals surface area contributed by atoms with E-state index < -0.39 is 0 Å². The molecule has 3 nitrogen and oxygen atoms in total. The molecule has 1 heterocycles. The zero-order chi connectivity index (χ0) is 21.3. The van der Waals surface area contributed by atoms with Crippen LogP contribution in [0.3, 0.4) is 0 Å². The Kier molecular flexibility index (Phi) is 6.91. The van der Waals surface area contributed by atoms with Crippen molar-refractivity contribution in [2.75, 3.05) is 33.2 Å². The molecule has 1 saturated heterocycles. The summed E-state index contributed by atoms with van der Waals surface area (Å²) in [6.07, 6.45) is 15.6. The molecule has 1 aliphatic heterocycles. The molecule has 5 atom stereocenters. The highest BCUT2D eigenvalue weighted by Crippen LogP contribution is 2.58. The average molecular weight is 413 g/mol. The summed E-state index contributed by atoms with van der Waals surface area (Å²) in [7, 11) is 2.25. The number of aliphatic hydroxyl groups is 1. The Balaban J connectivity index is 1.41. The molecule has 3 heteroatoms. The molecule has 0 bridgehead atoms. The Morgan fingerprint density at radius 3 is 2.77 bits per heavy atom. The van der Waals surface area contributed by atoms with E-state index in [1.54, 1.807) is 5.57 Å². The Morgan fingerprint density at radius 2 is 1.97 bits per heavy atom. The van der Waals surface area contributed by atoms with Crippen molar-refractivity contribution in [1.29, 1.82) is 0 Å². The largest absolute Gasteiger partial charge is 0.388 e. The molecule has 0 radical (unpaired) electrons. The van der Waals surface area contributed by atoms with Gasteiger partial charge in [-0.15, -0.1) is 0 Å². The number of likely N-dealkylation sites (N-methyl/N-ethyl adjacent to an activating group) is 1. The quantitative estimate of drug-likeness (QED) is 0.689. The van der Waals surface area contributed by atoms with Crippen molar-refractivity contribution in [3.8, 4) is 0 Å². The highest BCUT2D eigenvalue weighted by molar-refractivity contribution is 5.37. The Labute approximate surface area is 184 Å². The van der Waals surface area contributed by atoms with Gasteiger partial charge in [0.25, 0.3) is 0 Å². The van der Waals surface area contributed by atoms with Gasteiger partial charge in [0.1, 0.15) is 0 Å². The predicted octanol–water partition coefficient (Wildman–Crippen LogP) is 5.18. The molecule has 0 spiro atoms. The number of hydrogen-bond acceptors (Lipinski definition) is 3. The van der Waals surface area contributed by atoms with Gasteiger partial charge in [0.2, 0.25) is 0 Å². The lowest BCUT2D eigenvalue weighted by atomic mass is 9.63. The van der Waals surface area contributed by atoms with Crippen LogP contribution in [0.15, 0.2) is 35.5 Å². The van der Waals surface area contributed by atoms with Crippen LogP contribution in [-0.2, 0) is 0 Å². The van der Waals surface area contributed by atoms with Crippen LogP contribution in [0, 0.1) is 17.3 Å². The lowest BCUT2D eigenvalue weighted by Crippen LogP contribution is -2.51. The van der Waals surface area contributed by atoms with E-state index >= 15 is 0 Å². The number of rotatable bonds is 4. The van der Waals surface area contributed by atoms with Crippen molar-refractivity contribution >= 4 is 0 Å². The van der Waals surface area contributed by atoms with Gasteiger partial charge in [0, 0.05) is 25.7 Å². The topological polar surface area (TPSA) is 26.7 Å². The number of aliphatic hydroxyl groups excluding tert-OH is 1. The highest BCUT2D eigenvalue weighted by atomic mass is 16.3. The van der Waals surface area contributed by atoms with E-state index in [2.05, 4.69) is 49.4 Å². The monoisotopic (exact) mass is 412 g/mol. The Bertz CT molecular complexity index is 695. The van der Waals surface area contributed by atoms with E-state index in [0.717, 1.165) is 36.7 Å². The van der Waals surface area contributed by atoms with Gasteiger partial charge >= 0.3 is 0 Å². The fraction of sp³-hybridized carbons (Fsp3) is 0.778. The minimum Gasteiger partial charge on any atom is -0.388 e. The lowest BCUT2D eigenvalue weighted by Gasteiger charge is -2.44. The smallest absolute Gasteiger partial charge is 0.0787 e. The normalized spacial score (nSPS) is 41.5. The summed E-state index contributed by atoms with van der Waals surface area (Å²) in [5.41, 5.74) is 4.41. The molecular formula is C27H44N2O. The molecule has 4 unspecified atom stereocenters. The predicted molar refractivity (Wildman–Crippen MR) is 126 cm³/mol. The fourth-order valence-corrected chi connectivity index (χ4v) is 7.08. The van der Waals surface area contributed by atoms with E-state index in [-0.39, 0.29) is 6.10 Å². The third-order valence-electron chi connectivity index (χ3n) is 9.13. The molecule has 168 valence electrons. The van der Waals surface area contributed by atoms with E-state index in [0.29, 0.717) is 11.5 Å². The van der Waals surface area contributed by atoms with E-state index in [9.17, 15) is 5.11 Å². The molecular weight excluding hydrogens is 368 g/mol. The summed E-state index contributed by atoms with van der Waals surface area (Å²) < 4.78 is 0. The third kappa shape index (κ3) is 4.49. The third-order valence-corrected chi connectivity index (χ3v) is 9.13. The van der Waals surface area contributed by atoms with Gasteiger partial charge < -0.3 is 10.0 Å². The number of nitrogens with zero attached hydrogens (tertiary/aromatic N) is 2. The first-order valence-electron chi connectivity index (χ1n) is 12.6. The number of fused-ring (bicyclic) bond motifs is 1. The van der Waals surface area contributed by atoms with Crippen LogP contribution in [0.2, 0.25) is 0 Å². The van der Waals surface area contributed by atoms with E-state index in [1.165, 1.54) is 70.3 Å². The second-order valence-electron chi connectivity index (χ2n) is 11.0. The summed E-state index contributed by atoms with van der Waals surface area (Å²) in [5, 5.41) is 10.1. The van der Waals surface area contributed by atoms with Crippen molar-refractivity contribution in [2.24, 2.45) is 17.3 Å². The van der Waals surface area contributed by atoms with Crippen LogP contribution < -0.4 is 0 Å². The number of piperazine rings is 1. The maximum atomic E-state index is 10.1. The maximum Gasteiger partial charge on any atom is 0.0787 e. The summed E-state index contributed by atoms with van der Waals surface area (Å²) in [4.78, 5) is 5.21. The van der Waals surface area contributed by atoms with Crippen LogP contribution in [0.5, 0.6) is 0 Å². The van der Waals surface area contributed by atoms with Crippen molar-refractivity contribution in [1.82, 2.24) is 9.80 Å². The molecule has 3 saturated carbocycles. The minimum absolute atomic E-state index is 0.326. The number of allylic oxidation sites excluding steroid dienone is 3. The molecule has 3 aliphatic carbocycles. The molecule has 0 aromatic carbocycles. The fourth-order valence-electron chi connectivity index (χ4n) is 7.08.